The normalized spacial score (nSPS) is 11.1. The second-order valence-electron chi connectivity index (χ2n) is 8.06. The number of hydrogen-bond acceptors (Lipinski definition) is 8. The van der Waals surface area contributed by atoms with Gasteiger partial charge in [-0.05, 0) is 43.5 Å². The molecule has 0 atom stereocenters. The highest BCUT2D eigenvalue weighted by Crippen LogP contribution is 2.19. The van der Waals surface area contributed by atoms with Gasteiger partial charge in [-0.1, -0.05) is 25.5 Å². The average Bonchev–Trinajstić information content (AvgIpc) is 3.17. The lowest BCUT2D eigenvalue weighted by atomic mass is 10.1. The first kappa shape index (κ1) is 30.1. The molecule has 208 valence electrons. The van der Waals surface area contributed by atoms with Gasteiger partial charge in [-0.15, -0.1) is 0 Å². The minimum Gasteiger partial charge on any atom is -0.475 e. The van der Waals surface area contributed by atoms with E-state index in [4.69, 9.17) is 26.1 Å². The maximum Gasteiger partial charge on any atom is 0.490 e. The molecule has 0 radical (unpaired) electrons. The van der Waals surface area contributed by atoms with Crippen LogP contribution >= 0.6 is 0 Å². The molecule has 0 aliphatic rings. The SMILES string of the molecule is CCCCOc1nc(N)c2[nH]c(=O)n(Cc3ccc(C(=O)NCCCCN)cc3)c2n1.O=C(O)C(F)(F)F. The number of nitrogens with zero attached hydrogens (tertiary/aromatic N) is 3. The quantitative estimate of drug-likeness (QED) is 0.226. The monoisotopic (exact) mass is 541 g/mol. The summed E-state index contributed by atoms with van der Waals surface area (Å²) in [5.41, 5.74) is 13.2. The molecule has 0 bridgehead atoms. The Labute approximate surface area is 215 Å². The van der Waals surface area contributed by atoms with E-state index >= 15 is 0 Å². The lowest BCUT2D eigenvalue weighted by molar-refractivity contribution is -0.192. The van der Waals surface area contributed by atoms with Crippen LogP contribution in [-0.4, -0.2) is 62.4 Å². The Kier molecular flexibility index (Phi) is 11.1. The summed E-state index contributed by atoms with van der Waals surface area (Å²) in [7, 11) is 0. The maximum absolute atomic E-state index is 12.5. The van der Waals surface area contributed by atoms with Gasteiger partial charge in [0.15, 0.2) is 11.5 Å². The Hall–Kier alpha value is -4.14. The summed E-state index contributed by atoms with van der Waals surface area (Å²) in [5.74, 6) is -2.73. The summed E-state index contributed by atoms with van der Waals surface area (Å²) in [6, 6.07) is 7.23. The number of halogens is 3. The first-order chi connectivity index (χ1) is 18.0. The van der Waals surface area contributed by atoms with E-state index in [1.54, 1.807) is 12.1 Å². The number of nitrogens with two attached hydrogens (primary N) is 2. The molecule has 0 saturated carbocycles. The van der Waals surface area contributed by atoms with Crippen LogP contribution in [0, 0.1) is 0 Å². The van der Waals surface area contributed by atoms with Crippen LogP contribution in [0.1, 0.15) is 48.5 Å². The zero-order valence-electron chi connectivity index (χ0n) is 20.7. The first-order valence-electron chi connectivity index (χ1n) is 11.7. The van der Waals surface area contributed by atoms with E-state index in [0.717, 1.165) is 31.2 Å². The zero-order valence-corrected chi connectivity index (χ0v) is 20.7. The first-order valence-corrected chi connectivity index (χ1v) is 11.7. The predicted octanol–water partition coefficient (Wildman–Crippen LogP) is 2.03. The van der Waals surface area contributed by atoms with Crippen LogP contribution in [0.25, 0.3) is 11.2 Å². The van der Waals surface area contributed by atoms with Crippen LogP contribution in [0.5, 0.6) is 6.01 Å². The highest BCUT2D eigenvalue weighted by atomic mass is 19.4. The number of aromatic nitrogens is 4. The number of rotatable bonds is 11. The Bertz CT molecular complexity index is 1270. The van der Waals surface area contributed by atoms with E-state index in [1.807, 2.05) is 12.1 Å². The van der Waals surface area contributed by atoms with Gasteiger partial charge in [0.05, 0.1) is 13.2 Å². The van der Waals surface area contributed by atoms with Crippen molar-refractivity contribution in [3.8, 4) is 6.01 Å². The topological polar surface area (TPSA) is 191 Å². The third-order valence-electron chi connectivity index (χ3n) is 5.07. The molecule has 12 nitrogen and oxygen atoms in total. The van der Waals surface area contributed by atoms with Crippen molar-refractivity contribution in [1.82, 2.24) is 24.8 Å². The number of ether oxygens (including phenoxy) is 1. The van der Waals surface area contributed by atoms with E-state index < -0.39 is 12.1 Å². The second-order valence-corrected chi connectivity index (χ2v) is 8.06. The van der Waals surface area contributed by atoms with E-state index in [-0.39, 0.29) is 30.0 Å². The van der Waals surface area contributed by atoms with Crippen LogP contribution < -0.4 is 27.2 Å². The zero-order chi connectivity index (χ0) is 28.3. The fourth-order valence-corrected chi connectivity index (χ4v) is 3.07. The number of aromatic amines is 1. The highest BCUT2D eigenvalue weighted by molar-refractivity contribution is 5.94. The summed E-state index contributed by atoms with van der Waals surface area (Å²) in [6.45, 7) is 4.00. The number of aliphatic carboxylic acids is 1. The number of benzene rings is 1. The number of imidazole rings is 1. The number of alkyl halides is 3. The van der Waals surface area contributed by atoms with E-state index in [1.165, 1.54) is 4.57 Å². The Balaban J connectivity index is 0.000000638. The molecule has 0 aliphatic carbocycles. The molecule has 1 amide bonds. The summed E-state index contributed by atoms with van der Waals surface area (Å²) < 4.78 is 38.8. The standard InChI is InChI=1S/C21H29N7O3.C2HF3O2/c1-2-3-12-31-20-26-17(23)16-18(27-20)28(21(30)25-16)13-14-6-8-15(9-7-14)19(29)24-11-5-4-10-22;3-2(4,5)1(6)7/h6-9H,2-5,10-13,22H2,1H3,(H,24,29)(H,25,30)(H2,23,26,27);(H,6,7). The summed E-state index contributed by atoms with van der Waals surface area (Å²) in [4.78, 5) is 44.8. The summed E-state index contributed by atoms with van der Waals surface area (Å²) in [5, 5.41) is 9.99. The molecule has 0 fully saturated rings. The third kappa shape index (κ3) is 8.76. The number of carboxylic acids is 1. The highest BCUT2D eigenvalue weighted by Gasteiger charge is 2.38. The fraction of sp³-hybridized carbons (Fsp3) is 0.435. The largest absolute Gasteiger partial charge is 0.490 e. The van der Waals surface area contributed by atoms with Gasteiger partial charge in [0.25, 0.3) is 5.91 Å². The van der Waals surface area contributed by atoms with Gasteiger partial charge in [-0.2, -0.15) is 23.1 Å². The number of hydrogen-bond donors (Lipinski definition) is 5. The number of carboxylic acid groups (broad SMARTS) is 1. The molecule has 15 heteroatoms. The van der Waals surface area contributed by atoms with Crippen LogP contribution in [0.2, 0.25) is 0 Å². The third-order valence-corrected chi connectivity index (χ3v) is 5.07. The van der Waals surface area contributed by atoms with E-state index in [9.17, 15) is 22.8 Å². The number of carbonyl (C=O) groups excluding carboxylic acids is 1. The smallest absolute Gasteiger partial charge is 0.475 e. The van der Waals surface area contributed by atoms with Gasteiger partial charge in [0.2, 0.25) is 0 Å². The molecule has 3 rings (SSSR count). The Morgan fingerprint density at radius 2 is 1.82 bits per heavy atom. The van der Waals surface area contributed by atoms with Crippen LogP contribution in [0.15, 0.2) is 29.1 Å². The van der Waals surface area contributed by atoms with Crippen molar-refractivity contribution >= 4 is 28.9 Å². The lowest BCUT2D eigenvalue weighted by Crippen LogP contribution is -2.25. The van der Waals surface area contributed by atoms with Crippen molar-refractivity contribution in [3.05, 3.63) is 45.9 Å². The number of anilines is 1. The molecular weight excluding hydrogens is 511 g/mol. The van der Waals surface area contributed by atoms with E-state index in [0.29, 0.717) is 36.4 Å². The van der Waals surface area contributed by atoms with Crippen molar-refractivity contribution in [2.24, 2.45) is 5.73 Å². The van der Waals surface area contributed by atoms with Crippen molar-refractivity contribution in [1.29, 1.82) is 0 Å². The van der Waals surface area contributed by atoms with Gasteiger partial charge in [-0.3, -0.25) is 9.36 Å². The minimum atomic E-state index is -5.08. The van der Waals surface area contributed by atoms with Crippen molar-refractivity contribution in [2.75, 3.05) is 25.4 Å². The van der Waals surface area contributed by atoms with Gasteiger partial charge in [0, 0.05) is 12.1 Å². The van der Waals surface area contributed by atoms with Crippen LogP contribution in [-0.2, 0) is 11.3 Å². The Morgan fingerprint density at radius 1 is 1.16 bits per heavy atom. The predicted molar refractivity (Wildman–Crippen MR) is 133 cm³/mol. The van der Waals surface area contributed by atoms with Crippen LogP contribution in [0.3, 0.4) is 0 Å². The molecule has 0 aliphatic heterocycles. The Morgan fingerprint density at radius 3 is 2.39 bits per heavy atom. The van der Waals surface area contributed by atoms with Crippen molar-refractivity contribution in [3.63, 3.8) is 0 Å². The van der Waals surface area contributed by atoms with Crippen molar-refractivity contribution < 1.29 is 32.6 Å². The minimum absolute atomic E-state index is 0.137. The van der Waals surface area contributed by atoms with Crippen molar-refractivity contribution in [2.45, 2.75) is 45.3 Å². The number of fused-ring (bicyclic) bond motifs is 1. The second kappa shape index (κ2) is 14.0. The maximum atomic E-state index is 12.5. The van der Waals surface area contributed by atoms with Gasteiger partial charge >= 0.3 is 23.8 Å². The lowest BCUT2D eigenvalue weighted by Gasteiger charge is -2.08. The molecule has 2 heterocycles. The fourth-order valence-electron chi connectivity index (χ4n) is 3.07. The average molecular weight is 542 g/mol. The molecule has 0 unspecified atom stereocenters. The van der Waals surface area contributed by atoms with Crippen LogP contribution in [0.4, 0.5) is 19.0 Å². The molecular formula is C23H30F3N7O5. The van der Waals surface area contributed by atoms with E-state index in [2.05, 4.69) is 27.2 Å². The number of nitrogens with one attached hydrogen (secondary N) is 2. The number of nitrogen functional groups attached to an aromatic ring is 1. The van der Waals surface area contributed by atoms with Gasteiger partial charge in [-0.25, -0.2) is 9.59 Å². The molecule has 7 N–H and O–H groups in total. The van der Waals surface area contributed by atoms with Gasteiger partial charge < -0.3 is 31.6 Å². The molecule has 0 spiro atoms. The molecule has 0 saturated heterocycles. The molecule has 1 aromatic carbocycles. The molecule has 3 aromatic rings. The van der Waals surface area contributed by atoms with Gasteiger partial charge in [0.1, 0.15) is 5.52 Å². The molecule has 38 heavy (non-hydrogen) atoms. The number of amides is 1. The number of unbranched alkanes of at least 4 members (excludes halogenated alkanes) is 2. The number of H-pyrrole nitrogens is 1. The summed E-state index contributed by atoms with van der Waals surface area (Å²) >= 11 is 0. The summed E-state index contributed by atoms with van der Waals surface area (Å²) in [6.07, 6.45) is -1.51. The molecule has 2 aromatic heterocycles. The number of carbonyl (C=O) groups is 2.